The minimum atomic E-state index is -2.86. The number of ether oxygens (including phenoxy) is 2. The monoisotopic (exact) mass is 542 g/mol. The third kappa shape index (κ3) is 5.43. The average Bonchev–Trinajstić information content (AvgIpc) is 3.37. The molecule has 0 unspecified atom stereocenters. The van der Waals surface area contributed by atoms with E-state index in [4.69, 9.17) is 9.47 Å². The topological polar surface area (TPSA) is 121 Å². The zero-order valence-corrected chi connectivity index (χ0v) is 22.0. The van der Waals surface area contributed by atoms with E-state index in [0.29, 0.717) is 5.01 Å². The molecule has 38 heavy (non-hydrogen) atoms. The summed E-state index contributed by atoms with van der Waals surface area (Å²) >= 11 is 1.13. The molecular formula is C25H24F2N6O4S. The van der Waals surface area contributed by atoms with Crippen LogP contribution in [0.1, 0.15) is 46.9 Å². The van der Waals surface area contributed by atoms with Gasteiger partial charge in [0, 0.05) is 36.7 Å². The van der Waals surface area contributed by atoms with Gasteiger partial charge >= 0.3 is 0 Å². The first-order chi connectivity index (χ1) is 18.0. The molecule has 0 radical (unpaired) electrons. The minimum absolute atomic E-state index is 0.0291. The van der Waals surface area contributed by atoms with Crippen LogP contribution in [0.5, 0.6) is 5.75 Å². The van der Waals surface area contributed by atoms with E-state index in [1.54, 1.807) is 13.0 Å². The Morgan fingerprint density at radius 2 is 1.87 bits per heavy atom. The highest BCUT2D eigenvalue weighted by atomic mass is 32.1. The molecule has 0 aromatic carbocycles. The van der Waals surface area contributed by atoms with Crippen molar-refractivity contribution in [3.63, 3.8) is 0 Å². The van der Waals surface area contributed by atoms with Crippen LogP contribution in [0.2, 0.25) is 0 Å². The zero-order chi connectivity index (χ0) is 27.6. The molecule has 0 spiro atoms. The van der Waals surface area contributed by atoms with Gasteiger partial charge in [-0.3, -0.25) is 24.5 Å². The number of halogens is 2. The van der Waals surface area contributed by atoms with Crippen molar-refractivity contribution >= 4 is 22.4 Å². The number of rotatable bonds is 8. The van der Waals surface area contributed by atoms with Crippen molar-refractivity contribution in [2.75, 3.05) is 19.5 Å². The molecule has 0 aliphatic carbocycles. The van der Waals surface area contributed by atoms with E-state index in [1.165, 1.54) is 43.3 Å². The highest BCUT2D eigenvalue weighted by Gasteiger charge is 2.26. The third-order valence-electron chi connectivity index (χ3n) is 5.75. The Morgan fingerprint density at radius 1 is 1.11 bits per heavy atom. The lowest BCUT2D eigenvalue weighted by atomic mass is 10.00. The lowest BCUT2D eigenvalue weighted by Crippen LogP contribution is -2.19. The second-order valence-corrected chi connectivity index (χ2v) is 9.67. The molecule has 4 heterocycles. The molecule has 1 amide bonds. The maximum atomic E-state index is 13.5. The minimum Gasteiger partial charge on any atom is -0.494 e. The Morgan fingerprint density at radius 3 is 2.53 bits per heavy atom. The van der Waals surface area contributed by atoms with Crippen LogP contribution in [0.25, 0.3) is 16.9 Å². The molecule has 10 nitrogen and oxygen atoms in total. The van der Waals surface area contributed by atoms with Gasteiger partial charge in [0.15, 0.2) is 5.01 Å². The van der Waals surface area contributed by atoms with Crippen molar-refractivity contribution < 1.29 is 23.0 Å². The SMILES string of the molecule is COc1cnc(C(F)F)cc1-c1cc(-n2ccc(C)cc2=O)ncc1C(=O)Nc1nnc(C(C)(C)OC)s1. The number of nitrogens with one attached hydrogen (secondary N) is 1. The van der Waals surface area contributed by atoms with Crippen LogP contribution in [0, 0.1) is 6.92 Å². The summed E-state index contributed by atoms with van der Waals surface area (Å²) in [5.41, 5.74) is -0.416. The summed E-state index contributed by atoms with van der Waals surface area (Å²) in [5.74, 6) is -0.290. The van der Waals surface area contributed by atoms with Gasteiger partial charge in [-0.2, -0.15) is 0 Å². The first-order valence-electron chi connectivity index (χ1n) is 11.3. The molecular weight excluding hydrogens is 518 g/mol. The second kappa shape index (κ2) is 10.7. The first-order valence-corrected chi connectivity index (χ1v) is 12.1. The lowest BCUT2D eigenvalue weighted by Gasteiger charge is -2.18. The molecule has 1 N–H and O–H groups in total. The molecule has 4 aromatic heterocycles. The van der Waals surface area contributed by atoms with Crippen molar-refractivity contribution in [1.82, 2.24) is 24.7 Å². The fraction of sp³-hybridized carbons (Fsp3) is 0.280. The Labute approximate surface area is 220 Å². The number of carbonyl (C=O) groups excluding carboxylic acids is 1. The number of methoxy groups -OCH3 is 2. The smallest absolute Gasteiger partial charge is 0.280 e. The van der Waals surface area contributed by atoms with Crippen molar-refractivity contribution in [3.8, 4) is 22.7 Å². The summed E-state index contributed by atoms with van der Waals surface area (Å²) in [6, 6.07) is 5.75. The zero-order valence-electron chi connectivity index (χ0n) is 21.2. The number of anilines is 1. The van der Waals surface area contributed by atoms with Crippen LogP contribution in [0.4, 0.5) is 13.9 Å². The quantitative estimate of drug-likeness (QED) is 0.345. The number of amides is 1. The normalized spacial score (nSPS) is 11.6. The Bertz CT molecular complexity index is 1550. The maximum absolute atomic E-state index is 13.5. The Balaban J connectivity index is 1.85. The highest BCUT2D eigenvalue weighted by Crippen LogP contribution is 2.36. The summed E-state index contributed by atoms with van der Waals surface area (Å²) < 4.78 is 39.1. The molecule has 0 atom stereocenters. The predicted octanol–water partition coefficient (Wildman–Crippen LogP) is 4.53. The fourth-order valence-corrected chi connectivity index (χ4v) is 4.29. The van der Waals surface area contributed by atoms with Gasteiger partial charge in [0.05, 0.1) is 18.9 Å². The van der Waals surface area contributed by atoms with Crippen molar-refractivity contribution in [2.45, 2.75) is 32.8 Å². The van der Waals surface area contributed by atoms with Crippen molar-refractivity contribution in [3.05, 3.63) is 75.0 Å². The maximum Gasteiger partial charge on any atom is 0.280 e. The number of hydrogen-bond acceptors (Lipinski definition) is 9. The first kappa shape index (κ1) is 26.9. The summed E-state index contributed by atoms with van der Waals surface area (Å²) in [5, 5.41) is 11.5. The van der Waals surface area contributed by atoms with Crippen LogP contribution in [-0.4, -0.2) is 44.9 Å². The second-order valence-electron chi connectivity index (χ2n) is 8.69. The largest absolute Gasteiger partial charge is 0.494 e. The van der Waals surface area contributed by atoms with E-state index < -0.39 is 23.6 Å². The number of aromatic nitrogens is 5. The van der Waals surface area contributed by atoms with E-state index in [9.17, 15) is 18.4 Å². The van der Waals surface area contributed by atoms with Gasteiger partial charge in [-0.25, -0.2) is 13.8 Å². The van der Waals surface area contributed by atoms with Gasteiger partial charge in [0.25, 0.3) is 17.9 Å². The number of nitrogens with zero attached hydrogens (tertiary/aromatic N) is 5. The van der Waals surface area contributed by atoms with Gasteiger partial charge in [-0.1, -0.05) is 11.3 Å². The molecule has 13 heteroatoms. The van der Waals surface area contributed by atoms with E-state index in [2.05, 4.69) is 25.5 Å². The molecule has 0 bridgehead atoms. The lowest BCUT2D eigenvalue weighted by molar-refractivity contribution is 0.0185. The summed E-state index contributed by atoms with van der Waals surface area (Å²) in [6.45, 7) is 5.39. The van der Waals surface area contributed by atoms with E-state index >= 15 is 0 Å². The standard InChI is InChI=1S/C25H24F2N6O4S/c1-13-6-7-33(20(34)8-13)19-10-14(15-9-17(21(26)27)28-12-18(15)36-4)16(11-29-19)22(35)30-24-32-31-23(38-24)25(2,3)37-5/h6-12,21H,1-5H3,(H,30,32,35). The van der Waals surface area contributed by atoms with E-state index in [1.807, 2.05) is 13.8 Å². The summed E-state index contributed by atoms with van der Waals surface area (Å²) in [7, 11) is 2.89. The molecule has 0 aliphatic heterocycles. The van der Waals surface area contributed by atoms with Crippen molar-refractivity contribution in [1.29, 1.82) is 0 Å². The highest BCUT2D eigenvalue weighted by molar-refractivity contribution is 7.15. The molecule has 0 fully saturated rings. The predicted molar refractivity (Wildman–Crippen MR) is 137 cm³/mol. The average molecular weight is 543 g/mol. The number of carbonyl (C=O) groups is 1. The molecule has 0 saturated carbocycles. The number of pyridine rings is 3. The molecule has 0 saturated heterocycles. The molecule has 4 rings (SSSR count). The fourth-order valence-electron chi connectivity index (χ4n) is 3.47. The molecule has 4 aromatic rings. The van der Waals surface area contributed by atoms with Crippen LogP contribution in [0.3, 0.4) is 0 Å². The van der Waals surface area contributed by atoms with Crippen LogP contribution < -0.4 is 15.6 Å². The Hall–Kier alpha value is -4.10. The molecule has 0 aliphatic rings. The van der Waals surface area contributed by atoms with E-state index in [0.717, 1.165) is 29.2 Å². The van der Waals surface area contributed by atoms with Gasteiger partial charge < -0.3 is 9.47 Å². The van der Waals surface area contributed by atoms with E-state index in [-0.39, 0.29) is 38.9 Å². The van der Waals surface area contributed by atoms with Crippen LogP contribution >= 0.6 is 11.3 Å². The summed E-state index contributed by atoms with van der Waals surface area (Å²) in [6.07, 6.45) is 1.09. The number of alkyl halides is 2. The van der Waals surface area contributed by atoms with Gasteiger partial charge in [0.1, 0.15) is 22.9 Å². The Kier molecular flexibility index (Phi) is 7.60. The van der Waals surface area contributed by atoms with Crippen molar-refractivity contribution in [2.24, 2.45) is 0 Å². The van der Waals surface area contributed by atoms with Crippen LogP contribution in [-0.2, 0) is 10.3 Å². The third-order valence-corrected chi connectivity index (χ3v) is 6.89. The van der Waals surface area contributed by atoms with Gasteiger partial charge in [0.2, 0.25) is 5.13 Å². The molecule has 198 valence electrons. The van der Waals surface area contributed by atoms with Crippen LogP contribution in [0.15, 0.2) is 47.7 Å². The van der Waals surface area contributed by atoms with Gasteiger partial charge in [-0.05, 0) is 44.5 Å². The summed E-state index contributed by atoms with van der Waals surface area (Å²) in [4.78, 5) is 34.1. The number of aryl methyl sites for hydroxylation is 1. The van der Waals surface area contributed by atoms with Gasteiger partial charge in [-0.15, -0.1) is 10.2 Å². The number of hydrogen-bond donors (Lipinski definition) is 1.